The summed E-state index contributed by atoms with van der Waals surface area (Å²) in [6.07, 6.45) is -0.386. The van der Waals surface area contributed by atoms with Crippen molar-refractivity contribution >= 4 is 21.6 Å². The van der Waals surface area contributed by atoms with Gasteiger partial charge < -0.3 is 19.9 Å². The standard InChI is InChI=1S/C30H34N2O6S/c1-22(2)31-29(34)30(18-21-39(35,36)26-12-7-4-8-13-26)27(23-10-5-3-6-11-23)38-28(32-30)24-14-16-25(17-15-24)37-20-9-19-33/h3-8,10-17,22,27,33H,9,18-21H2,1-2H3,(H,31,34)/t27-,30-/m1/s1. The van der Waals surface area contributed by atoms with Crippen molar-refractivity contribution in [1.29, 1.82) is 0 Å². The number of hydrogen-bond acceptors (Lipinski definition) is 7. The Morgan fingerprint density at radius 3 is 2.28 bits per heavy atom. The Morgan fingerprint density at radius 1 is 1.03 bits per heavy atom. The van der Waals surface area contributed by atoms with Gasteiger partial charge in [-0.15, -0.1) is 0 Å². The third-order valence-corrected chi connectivity index (χ3v) is 8.14. The van der Waals surface area contributed by atoms with Gasteiger partial charge in [-0.3, -0.25) is 4.79 Å². The molecule has 0 spiro atoms. The van der Waals surface area contributed by atoms with Crippen molar-refractivity contribution in [3.63, 3.8) is 0 Å². The second kappa shape index (κ2) is 12.4. The summed E-state index contributed by atoms with van der Waals surface area (Å²) in [5, 5.41) is 11.9. The van der Waals surface area contributed by atoms with Gasteiger partial charge in [0.2, 0.25) is 5.90 Å². The van der Waals surface area contributed by atoms with Crippen molar-refractivity contribution in [2.75, 3.05) is 19.0 Å². The molecule has 0 aliphatic carbocycles. The Morgan fingerprint density at radius 2 is 1.67 bits per heavy atom. The molecule has 0 saturated carbocycles. The van der Waals surface area contributed by atoms with E-state index >= 15 is 0 Å². The highest BCUT2D eigenvalue weighted by molar-refractivity contribution is 7.91. The summed E-state index contributed by atoms with van der Waals surface area (Å²) in [5.74, 6) is 0.197. The van der Waals surface area contributed by atoms with Crippen LogP contribution >= 0.6 is 0 Å². The number of benzene rings is 3. The van der Waals surface area contributed by atoms with E-state index in [-0.39, 0.29) is 35.6 Å². The third kappa shape index (κ3) is 6.66. The molecular weight excluding hydrogens is 516 g/mol. The van der Waals surface area contributed by atoms with Gasteiger partial charge in [0.15, 0.2) is 21.5 Å². The van der Waals surface area contributed by atoms with E-state index < -0.39 is 27.4 Å². The zero-order valence-electron chi connectivity index (χ0n) is 22.1. The van der Waals surface area contributed by atoms with Crippen molar-refractivity contribution < 1.29 is 27.8 Å². The molecule has 0 fully saturated rings. The predicted molar refractivity (Wildman–Crippen MR) is 150 cm³/mol. The van der Waals surface area contributed by atoms with Gasteiger partial charge in [0.25, 0.3) is 5.91 Å². The molecule has 0 radical (unpaired) electrons. The fraction of sp³-hybridized carbons (Fsp3) is 0.333. The molecule has 39 heavy (non-hydrogen) atoms. The highest BCUT2D eigenvalue weighted by Crippen LogP contribution is 2.43. The van der Waals surface area contributed by atoms with E-state index in [1.807, 2.05) is 44.2 Å². The maximum absolute atomic E-state index is 13.9. The van der Waals surface area contributed by atoms with Crippen LogP contribution in [0.15, 0.2) is 94.8 Å². The van der Waals surface area contributed by atoms with Crippen molar-refractivity contribution in [3.05, 3.63) is 96.1 Å². The molecule has 0 saturated heterocycles. The van der Waals surface area contributed by atoms with E-state index in [9.17, 15) is 13.2 Å². The maximum atomic E-state index is 13.9. The molecule has 3 aromatic carbocycles. The minimum absolute atomic E-state index is 0.0458. The number of carbonyl (C=O) groups excluding carboxylic acids is 1. The highest BCUT2D eigenvalue weighted by Gasteiger charge is 2.53. The number of aliphatic hydroxyl groups is 1. The van der Waals surface area contributed by atoms with E-state index in [4.69, 9.17) is 19.6 Å². The van der Waals surface area contributed by atoms with Crippen LogP contribution in [0.2, 0.25) is 0 Å². The van der Waals surface area contributed by atoms with Crippen molar-refractivity contribution in [3.8, 4) is 5.75 Å². The van der Waals surface area contributed by atoms with E-state index in [1.54, 1.807) is 54.6 Å². The topological polar surface area (TPSA) is 114 Å². The molecule has 1 heterocycles. The van der Waals surface area contributed by atoms with E-state index in [1.165, 1.54) is 0 Å². The lowest BCUT2D eigenvalue weighted by Gasteiger charge is -2.31. The molecule has 9 heteroatoms. The number of nitrogens with zero attached hydrogens (tertiary/aromatic N) is 1. The number of ether oxygens (including phenoxy) is 2. The molecular formula is C30H34N2O6S. The number of carbonyl (C=O) groups is 1. The molecule has 2 atom stereocenters. The van der Waals surface area contributed by atoms with Crippen LogP contribution in [0.4, 0.5) is 0 Å². The molecule has 1 amide bonds. The lowest BCUT2D eigenvalue weighted by molar-refractivity contribution is -0.129. The molecule has 1 aliphatic rings. The SMILES string of the molecule is CC(C)NC(=O)[C@]1(CCS(=O)(=O)c2ccccc2)N=C(c2ccc(OCCCO)cc2)O[C@@H]1c1ccccc1. The minimum atomic E-state index is -3.69. The zero-order chi connectivity index (χ0) is 27.9. The second-order valence-electron chi connectivity index (χ2n) is 9.71. The van der Waals surface area contributed by atoms with E-state index in [0.29, 0.717) is 24.3 Å². The van der Waals surface area contributed by atoms with Crippen LogP contribution in [-0.4, -0.2) is 55.9 Å². The molecule has 8 nitrogen and oxygen atoms in total. The first-order valence-electron chi connectivity index (χ1n) is 13.0. The summed E-state index contributed by atoms with van der Waals surface area (Å²) in [6, 6.07) is 24.4. The Bertz CT molecular complexity index is 1380. The van der Waals surface area contributed by atoms with Crippen LogP contribution in [0.3, 0.4) is 0 Å². The average Bonchev–Trinajstić information content (AvgIpc) is 3.34. The van der Waals surface area contributed by atoms with Crippen LogP contribution in [0.25, 0.3) is 0 Å². The highest BCUT2D eigenvalue weighted by atomic mass is 32.2. The van der Waals surface area contributed by atoms with Gasteiger partial charge in [-0.1, -0.05) is 48.5 Å². The first-order chi connectivity index (χ1) is 18.7. The third-order valence-electron chi connectivity index (χ3n) is 6.41. The van der Waals surface area contributed by atoms with Crippen molar-refractivity contribution in [2.45, 2.75) is 49.3 Å². The lowest BCUT2D eigenvalue weighted by atomic mass is 9.85. The summed E-state index contributed by atoms with van der Waals surface area (Å²) in [7, 11) is -3.69. The minimum Gasteiger partial charge on any atom is -0.494 e. The summed E-state index contributed by atoms with van der Waals surface area (Å²) in [5.41, 5.74) is -0.161. The summed E-state index contributed by atoms with van der Waals surface area (Å²) in [6.45, 7) is 4.13. The van der Waals surface area contributed by atoms with E-state index in [0.717, 1.165) is 5.56 Å². The molecule has 2 N–H and O–H groups in total. The Kier molecular flexibility index (Phi) is 9.04. The van der Waals surface area contributed by atoms with Gasteiger partial charge in [0.05, 0.1) is 17.3 Å². The maximum Gasteiger partial charge on any atom is 0.252 e. The molecule has 0 bridgehead atoms. The fourth-order valence-corrected chi connectivity index (χ4v) is 5.81. The molecule has 0 unspecified atom stereocenters. The lowest BCUT2D eigenvalue weighted by Crippen LogP contribution is -2.51. The van der Waals surface area contributed by atoms with Crippen molar-refractivity contribution in [1.82, 2.24) is 5.32 Å². The monoisotopic (exact) mass is 550 g/mol. The fourth-order valence-electron chi connectivity index (χ4n) is 4.42. The number of amides is 1. The Balaban J connectivity index is 1.74. The first kappa shape index (κ1) is 28.3. The molecule has 0 aromatic heterocycles. The van der Waals surface area contributed by atoms with Gasteiger partial charge in [-0.2, -0.15) is 0 Å². The van der Waals surface area contributed by atoms with Gasteiger partial charge >= 0.3 is 0 Å². The number of hydrogen-bond donors (Lipinski definition) is 2. The van der Waals surface area contributed by atoms with Crippen LogP contribution in [0.5, 0.6) is 5.75 Å². The Hall–Kier alpha value is -3.69. The van der Waals surface area contributed by atoms with Gasteiger partial charge in [0.1, 0.15) is 5.75 Å². The zero-order valence-corrected chi connectivity index (χ0v) is 22.9. The number of sulfone groups is 1. The van der Waals surface area contributed by atoms with Crippen LogP contribution in [-0.2, 0) is 19.4 Å². The normalized spacial score (nSPS) is 18.9. The molecule has 4 rings (SSSR count). The van der Waals surface area contributed by atoms with Crippen molar-refractivity contribution in [2.24, 2.45) is 4.99 Å². The van der Waals surface area contributed by atoms with Gasteiger partial charge in [-0.25, -0.2) is 13.4 Å². The number of aliphatic imine (C=N–C) groups is 1. The first-order valence-corrected chi connectivity index (χ1v) is 14.6. The quantitative estimate of drug-likeness (QED) is 0.328. The molecule has 3 aromatic rings. The number of nitrogens with one attached hydrogen (secondary N) is 1. The number of rotatable bonds is 12. The summed E-state index contributed by atoms with van der Waals surface area (Å²) in [4.78, 5) is 18.9. The molecule has 1 aliphatic heterocycles. The van der Waals surface area contributed by atoms with E-state index in [2.05, 4.69) is 5.32 Å². The molecule has 206 valence electrons. The second-order valence-corrected chi connectivity index (χ2v) is 11.8. The average molecular weight is 551 g/mol. The number of aliphatic hydroxyl groups excluding tert-OH is 1. The van der Waals surface area contributed by atoms with Gasteiger partial charge in [-0.05, 0) is 55.8 Å². The van der Waals surface area contributed by atoms with Gasteiger partial charge in [0, 0.05) is 31.1 Å². The van der Waals surface area contributed by atoms with Crippen LogP contribution in [0.1, 0.15) is 43.9 Å². The summed E-state index contributed by atoms with van der Waals surface area (Å²) < 4.78 is 38.5. The smallest absolute Gasteiger partial charge is 0.252 e. The van der Waals surface area contributed by atoms with Crippen LogP contribution in [0, 0.1) is 0 Å². The predicted octanol–water partition coefficient (Wildman–Crippen LogP) is 4.09. The Labute approximate surface area is 229 Å². The summed E-state index contributed by atoms with van der Waals surface area (Å²) >= 11 is 0. The largest absolute Gasteiger partial charge is 0.494 e. The van der Waals surface area contributed by atoms with Crippen LogP contribution < -0.4 is 10.1 Å².